The number of nitrogens with one attached hydrogen (secondary N) is 1. The number of carbonyl (C=O) groups excluding carboxylic acids is 2. The Morgan fingerprint density at radius 1 is 1.08 bits per heavy atom. The highest BCUT2D eigenvalue weighted by molar-refractivity contribution is 6.04. The lowest BCUT2D eigenvalue weighted by atomic mass is 9.99. The number of nitrogens with zero attached hydrogens (tertiary/aromatic N) is 1. The van der Waals surface area contributed by atoms with Crippen LogP contribution in [-0.4, -0.2) is 55.0 Å². The Bertz CT molecular complexity index is 1240. The van der Waals surface area contributed by atoms with E-state index in [4.69, 9.17) is 18.9 Å². The first-order chi connectivity index (χ1) is 17.5. The number of carbonyl (C=O) groups is 2. The summed E-state index contributed by atoms with van der Waals surface area (Å²) in [5, 5.41) is 14.0. The summed E-state index contributed by atoms with van der Waals surface area (Å²) in [5.41, 5.74) is 2.54. The van der Waals surface area contributed by atoms with Gasteiger partial charge in [0.1, 0.15) is 18.5 Å². The summed E-state index contributed by atoms with van der Waals surface area (Å²) in [6.45, 7) is 0.673. The third kappa shape index (κ3) is 4.98. The van der Waals surface area contributed by atoms with Crippen molar-refractivity contribution in [3.05, 3.63) is 83.4 Å². The molecule has 2 aliphatic rings. The average Bonchev–Trinajstić information content (AvgIpc) is 3.38. The second kappa shape index (κ2) is 10.3. The monoisotopic (exact) mass is 490 g/mol. The number of benzene rings is 3. The van der Waals surface area contributed by atoms with E-state index in [1.807, 2.05) is 24.3 Å². The van der Waals surface area contributed by atoms with E-state index >= 15 is 0 Å². The van der Waals surface area contributed by atoms with E-state index < -0.39 is 12.1 Å². The molecule has 2 amide bonds. The minimum atomic E-state index is -0.967. The summed E-state index contributed by atoms with van der Waals surface area (Å²) >= 11 is 0. The molecule has 9 nitrogen and oxygen atoms in total. The summed E-state index contributed by atoms with van der Waals surface area (Å²) in [4.78, 5) is 26.9. The zero-order chi connectivity index (χ0) is 25.1. The van der Waals surface area contributed by atoms with Gasteiger partial charge in [-0.15, -0.1) is 0 Å². The molecule has 2 N–H and O–H groups in total. The number of ether oxygens (including phenoxy) is 4. The molecule has 0 saturated carbocycles. The summed E-state index contributed by atoms with van der Waals surface area (Å²) < 4.78 is 21.3. The molecule has 3 aromatic carbocycles. The van der Waals surface area contributed by atoms with E-state index in [1.165, 1.54) is 0 Å². The molecular formula is C27H26N2O7. The van der Waals surface area contributed by atoms with Crippen molar-refractivity contribution in [2.45, 2.75) is 18.7 Å². The Morgan fingerprint density at radius 3 is 2.58 bits per heavy atom. The predicted molar refractivity (Wildman–Crippen MR) is 130 cm³/mol. The van der Waals surface area contributed by atoms with Gasteiger partial charge in [-0.05, 0) is 53.6 Å². The molecule has 2 heterocycles. The summed E-state index contributed by atoms with van der Waals surface area (Å²) in [6.07, 6.45) is -0.967. The van der Waals surface area contributed by atoms with Crippen LogP contribution in [0.2, 0.25) is 0 Å². The van der Waals surface area contributed by atoms with E-state index in [0.29, 0.717) is 34.9 Å². The topological polar surface area (TPSA) is 107 Å². The van der Waals surface area contributed by atoms with Crippen LogP contribution in [0.3, 0.4) is 0 Å². The highest BCUT2D eigenvalue weighted by Gasteiger charge is 2.34. The highest BCUT2D eigenvalue weighted by atomic mass is 16.7. The van der Waals surface area contributed by atoms with Gasteiger partial charge in [-0.2, -0.15) is 0 Å². The number of rotatable bonds is 7. The Hall–Kier alpha value is -4.08. The lowest BCUT2D eigenvalue weighted by Crippen LogP contribution is -2.51. The maximum absolute atomic E-state index is 12.6. The number of fused-ring (bicyclic) bond motifs is 1. The quantitative estimate of drug-likeness (QED) is 0.524. The molecule has 0 radical (unpaired) electrons. The van der Waals surface area contributed by atoms with E-state index in [-0.39, 0.29) is 31.8 Å². The van der Waals surface area contributed by atoms with Gasteiger partial charge in [-0.1, -0.05) is 24.3 Å². The fourth-order valence-electron chi connectivity index (χ4n) is 4.25. The van der Waals surface area contributed by atoms with Gasteiger partial charge < -0.3 is 34.3 Å². The van der Waals surface area contributed by atoms with Gasteiger partial charge in [0, 0.05) is 17.8 Å². The number of amides is 2. The Morgan fingerprint density at radius 2 is 1.83 bits per heavy atom. The SMILES string of the molecule is COc1ccc(CN2C(=O)COCC2C(O)c2ccc(NC(=O)c3ccc4c(c3)OCO4)cc2)cc1. The van der Waals surface area contributed by atoms with Crippen LogP contribution in [0, 0.1) is 0 Å². The Kier molecular flexibility index (Phi) is 6.75. The fourth-order valence-corrected chi connectivity index (χ4v) is 4.25. The molecule has 0 spiro atoms. The third-order valence-corrected chi connectivity index (χ3v) is 6.26. The number of anilines is 1. The number of methoxy groups -OCH3 is 1. The molecule has 0 bridgehead atoms. The molecule has 2 aliphatic heterocycles. The average molecular weight is 491 g/mol. The van der Waals surface area contributed by atoms with E-state index in [1.54, 1.807) is 54.5 Å². The minimum Gasteiger partial charge on any atom is -0.497 e. The van der Waals surface area contributed by atoms with Crippen molar-refractivity contribution in [1.82, 2.24) is 4.90 Å². The van der Waals surface area contributed by atoms with Crippen LogP contribution in [0.25, 0.3) is 0 Å². The standard InChI is InChI=1S/C27H26N2O7/c1-33-21-9-2-17(3-10-21)13-29-22(14-34-15-25(29)30)26(31)18-4-7-20(8-5-18)28-27(32)19-6-11-23-24(12-19)36-16-35-23/h2-12,22,26,31H,13-16H2,1H3,(H,28,32). The normalized spacial score (nSPS) is 17.6. The van der Waals surface area contributed by atoms with Crippen molar-refractivity contribution in [2.24, 2.45) is 0 Å². The zero-order valence-corrected chi connectivity index (χ0v) is 19.7. The molecule has 9 heteroatoms. The van der Waals surface area contributed by atoms with Gasteiger partial charge in [-0.3, -0.25) is 9.59 Å². The molecule has 0 aromatic heterocycles. The summed E-state index contributed by atoms with van der Waals surface area (Å²) in [5.74, 6) is 1.39. The van der Waals surface area contributed by atoms with Crippen molar-refractivity contribution in [2.75, 3.05) is 32.4 Å². The molecule has 1 saturated heterocycles. The van der Waals surface area contributed by atoms with Crippen LogP contribution >= 0.6 is 0 Å². The lowest BCUT2D eigenvalue weighted by Gasteiger charge is -2.38. The third-order valence-electron chi connectivity index (χ3n) is 6.26. The highest BCUT2D eigenvalue weighted by Crippen LogP contribution is 2.33. The van der Waals surface area contributed by atoms with Crippen LogP contribution in [0.5, 0.6) is 17.2 Å². The first-order valence-electron chi connectivity index (χ1n) is 11.5. The first-order valence-corrected chi connectivity index (χ1v) is 11.5. The van der Waals surface area contributed by atoms with E-state index in [2.05, 4.69) is 5.32 Å². The van der Waals surface area contributed by atoms with Crippen LogP contribution in [0.15, 0.2) is 66.7 Å². The molecule has 3 aromatic rings. The molecule has 2 atom stereocenters. The number of hydrogen-bond donors (Lipinski definition) is 2. The maximum atomic E-state index is 12.6. The lowest BCUT2D eigenvalue weighted by molar-refractivity contribution is -0.155. The largest absolute Gasteiger partial charge is 0.497 e. The molecule has 186 valence electrons. The number of aliphatic hydroxyl groups excluding tert-OH is 1. The molecule has 0 aliphatic carbocycles. The van der Waals surface area contributed by atoms with Crippen molar-refractivity contribution < 1.29 is 33.6 Å². The number of hydrogen-bond acceptors (Lipinski definition) is 7. The predicted octanol–water partition coefficient (Wildman–Crippen LogP) is 3.14. The van der Waals surface area contributed by atoms with Gasteiger partial charge in [-0.25, -0.2) is 0 Å². The van der Waals surface area contributed by atoms with Gasteiger partial charge in [0.05, 0.1) is 19.8 Å². The fraction of sp³-hybridized carbons (Fsp3) is 0.259. The van der Waals surface area contributed by atoms with Gasteiger partial charge in [0.15, 0.2) is 11.5 Å². The van der Waals surface area contributed by atoms with Gasteiger partial charge >= 0.3 is 0 Å². The van der Waals surface area contributed by atoms with Crippen molar-refractivity contribution >= 4 is 17.5 Å². The first kappa shape index (κ1) is 23.7. The molecule has 1 fully saturated rings. The Labute approximate surface area is 208 Å². The van der Waals surface area contributed by atoms with Crippen molar-refractivity contribution in [3.8, 4) is 17.2 Å². The van der Waals surface area contributed by atoms with Gasteiger partial charge in [0.25, 0.3) is 5.91 Å². The molecule has 5 rings (SSSR count). The van der Waals surface area contributed by atoms with E-state index in [0.717, 1.165) is 11.3 Å². The smallest absolute Gasteiger partial charge is 0.255 e. The Balaban J connectivity index is 1.26. The molecule has 36 heavy (non-hydrogen) atoms. The van der Waals surface area contributed by atoms with Crippen LogP contribution < -0.4 is 19.5 Å². The molecular weight excluding hydrogens is 464 g/mol. The number of morpholine rings is 1. The second-order valence-electron chi connectivity index (χ2n) is 8.54. The minimum absolute atomic E-state index is 0.0236. The summed E-state index contributed by atoms with van der Waals surface area (Å²) in [7, 11) is 1.60. The van der Waals surface area contributed by atoms with Crippen LogP contribution in [0.4, 0.5) is 5.69 Å². The van der Waals surface area contributed by atoms with Crippen LogP contribution in [-0.2, 0) is 16.1 Å². The van der Waals surface area contributed by atoms with E-state index in [9.17, 15) is 14.7 Å². The van der Waals surface area contributed by atoms with Gasteiger partial charge in [0.2, 0.25) is 12.7 Å². The van der Waals surface area contributed by atoms with Crippen molar-refractivity contribution in [1.29, 1.82) is 0 Å². The number of aliphatic hydroxyl groups is 1. The maximum Gasteiger partial charge on any atom is 0.255 e. The van der Waals surface area contributed by atoms with Crippen LogP contribution in [0.1, 0.15) is 27.6 Å². The zero-order valence-electron chi connectivity index (χ0n) is 19.7. The second-order valence-corrected chi connectivity index (χ2v) is 8.54. The van der Waals surface area contributed by atoms with Crippen molar-refractivity contribution in [3.63, 3.8) is 0 Å². The summed E-state index contributed by atoms with van der Waals surface area (Å²) in [6, 6.07) is 18.8. The molecule has 2 unspecified atom stereocenters.